The molecule has 2 atom stereocenters. The Hall–Kier alpha value is -2.14. The number of thiophene rings is 1. The lowest BCUT2D eigenvalue weighted by Gasteiger charge is -2.09. The van der Waals surface area contributed by atoms with Gasteiger partial charge in [-0.05, 0) is 66.0 Å². The number of ether oxygens (including phenoxy) is 1. The van der Waals surface area contributed by atoms with E-state index in [0.717, 1.165) is 23.3 Å². The first-order valence-electron chi connectivity index (χ1n) is 8.66. The number of halogens is 1. The van der Waals surface area contributed by atoms with E-state index in [-0.39, 0.29) is 17.1 Å². The van der Waals surface area contributed by atoms with Gasteiger partial charge in [-0.3, -0.25) is 4.79 Å². The molecule has 0 amide bonds. The lowest BCUT2D eigenvalue weighted by molar-refractivity contribution is 0.104. The van der Waals surface area contributed by atoms with Gasteiger partial charge in [-0.1, -0.05) is 13.8 Å². The average molecular weight is 372 g/mol. The molecule has 0 aliphatic heterocycles. The molecule has 1 saturated carbocycles. The zero-order chi connectivity index (χ0) is 18.8. The molecule has 1 aromatic carbocycles. The highest BCUT2D eigenvalue weighted by Crippen LogP contribution is 2.71. The molecule has 0 unspecified atom stereocenters. The quantitative estimate of drug-likeness (QED) is 0.600. The second kappa shape index (κ2) is 5.68. The van der Waals surface area contributed by atoms with E-state index >= 15 is 0 Å². The van der Waals surface area contributed by atoms with Crippen molar-refractivity contribution in [3.05, 3.63) is 50.5 Å². The number of hydrogen-bond acceptors (Lipinski definition) is 4. The van der Waals surface area contributed by atoms with Crippen LogP contribution in [0.25, 0.3) is 6.08 Å². The van der Waals surface area contributed by atoms with Crippen LogP contribution in [0.2, 0.25) is 0 Å². The van der Waals surface area contributed by atoms with Gasteiger partial charge >= 0.3 is 0 Å². The van der Waals surface area contributed by atoms with E-state index in [0.29, 0.717) is 11.3 Å². The minimum Gasteiger partial charge on any atom is -0.502 e. The summed E-state index contributed by atoms with van der Waals surface area (Å²) in [4.78, 5) is 14.9. The third kappa shape index (κ3) is 2.41. The van der Waals surface area contributed by atoms with Gasteiger partial charge in [-0.25, -0.2) is 4.39 Å². The Morgan fingerprint density at radius 1 is 1.42 bits per heavy atom. The van der Waals surface area contributed by atoms with Crippen molar-refractivity contribution in [1.29, 1.82) is 0 Å². The minimum absolute atomic E-state index is 0.0445. The number of ketones is 1. The predicted molar refractivity (Wildman–Crippen MR) is 101 cm³/mol. The van der Waals surface area contributed by atoms with Crippen molar-refractivity contribution < 1.29 is 19.0 Å². The maximum Gasteiger partial charge on any atom is 0.194 e. The zero-order valence-electron chi connectivity index (χ0n) is 15.2. The van der Waals surface area contributed by atoms with Crippen LogP contribution in [0.3, 0.4) is 0 Å². The molecule has 1 aromatic heterocycles. The molecule has 5 heteroatoms. The van der Waals surface area contributed by atoms with Gasteiger partial charge in [0.15, 0.2) is 23.1 Å². The smallest absolute Gasteiger partial charge is 0.194 e. The van der Waals surface area contributed by atoms with Crippen molar-refractivity contribution in [2.75, 3.05) is 7.11 Å². The number of methoxy groups -OCH3 is 1. The number of hydrogen-bond donors (Lipinski definition) is 1. The van der Waals surface area contributed by atoms with Gasteiger partial charge < -0.3 is 9.84 Å². The number of phenolic OH excluding ortho intramolecular Hbond substituents is 1. The molecule has 26 heavy (non-hydrogen) atoms. The van der Waals surface area contributed by atoms with Crippen molar-refractivity contribution in [2.45, 2.75) is 33.1 Å². The highest BCUT2D eigenvalue weighted by molar-refractivity contribution is 7.13. The first-order chi connectivity index (χ1) is 12.3. The molecule has 4 rings (SSSR count). The molecule has 0 radical (unpaired) electrons. The van der Waals surface area contributed by atoms with Gasteiger partial charge in [0.1, 0.15) is 0 Å². The summed E-state index contributed by atoms with van der Waals surface area (Å²) in [6.45, 7) is 6.81. The standard InChI is InChI=1S/C21H21FO3S/c1-10-18-12(9-13-19(18)21(13,2)3)17(26-10)6-5-15(23)11-7-14(22)20(24)16(8-11)25-4/h5-8,13,19,24H,9H2,1-4H3/t13-,19-/m1/s1. The average Bonchev–Trinajstić information content (AvgIpc) is 2.94. The number of benzene rings is 1. The van der Waals surface area contributed by atoms with Crippen molar-refractivity contribution in [3.63, 3.8) is 0 Å². The van der Waals surface area contributed by atoms with E-state index in [1.807, 2.05) is 6.08 Å². The van der Waals surface area contributed by atoms with Crippen molar-refractivity contribution in [1.82, 2.24) is 0 Å². The van der Waals surface area contributed by atoms with E-state index < -0.39 is 11.6 Å². The van der Waals surface area contributed by atoms with E-state index in [1.165, 1.54) is 35.3 Å². The summed E-state index contributed by atoms with van der Waals surface area (Å²) >= 11 is 1.72. The minimum atomic E-state index is -0.865. The number of aryl methyl sites for hydroxylation is 1. The highest BCUT2D eigenvalue weighted by atomic mass is 32.1. The van der Waals surface area contributed by atoms with Gasteiger partial charge in [0.25, 0.3) is 0 Å². The van der Waals surface area contributed by atoms with Crippen LogP contribution < -0.4 is 4.74 Å². The maximum absolute atomic E-state index is 13.7. The topological polar surface area (TPSA) is 46.5 Å². The molecule has 2 aromatic rings. The van der Waals surface area contributed by atoms with Gasteiger partial charge in [0, 0.05) is 15.3 Å². The Morgan fingerprint density at radius 2 is 2.15 bits per heavy atom. The van der Waals surface area contributed by atoms with Crippen LogP contribution in [-0.4, -0.2) is 18.0 Å². The molecule has 1 heterocycles. The van der Waals surface area contributed by atoms with Gasteiger partial charge in [-0.15, -0.1) is 11.3 Å². The fraction of sp³-hybridized carbons (Fsp3) is 0.381. The van der Waals surface area contributed by atoms with Crippen LogP contribution in [0.15, 0.2) is 18.2 Å². The van der Waals surface area contributed by atoms with Crippen LogP contribution in [-0.2, 0) is 6.42 Å². The molecule has 136 valence electrons. The Balaban J connectivity index is 1.61. The summed E-state index contributed by atoms with van der Waals surface area (Å²) in [5, 5.41) is 9.56. The number of phenols is 1. The summed E-state index contributed by atoms with van der Waals surface area (Å²) < 4.78 is 18.7. The van der Waals surface area contributed by atoms with Crippen LogP contribution >= 0.6 is 11.3 Å². The first kappa shape index (κ1) is 17.3. The Labute approximate surface area is 156 Å². The fourth-order valence-electron chi connectivity index (χ4n) is 4.42. The normalized spacial score (nSPS) is 22.3. The van der Waals surface area contributed by atoms with Crippen LogP contribution in [0, 0.1) is 24.1 Å². The Bertz CT molecular complexity index is 955. The van der Waals surface area contributed by atoms with E-state index in [1.54, 1.807) is 11.3 Å². The van der Waals surface area contributed by atoms with E-state index in [2.05, 4.69) is 20.8 Å². The lowest BCUT2D eigenvalue weighted by Crippen LogP contribution is -2.00. The molecule has 1 N–H and O–H groups in total. The number of carbonyl (C=O) groups is 1. The van der Waals surface area contributed by atoms with Crippen LogP contribution in [0.1, 0.15) is 51.0 Å². The van der Waals surface area contributed by atoms with Crippen LogP contribution in [0.5, 0.6) is 11.5 Å². The molecule has 3 nitrogen and oxygen atoms in total. The third-order valence-corrected chi connectivity index (χ3v) is 7.10. The number of rotatable bonds is 4. The summed E-state index contributed by atoms with van der Waals surface area (Å²) in [6.07, 6.45) is 4.40. The summed E-state index contributed by atoms with van der Waals surface area (Å²) in [6, 6.07) is 2.39. The van der Waals surface area contributed by atoms with E-state index in [4.69, 9.17) is 4.74 Å². The van der Waals surface area contributed by atoms with Crippen molar-refractivity contribution >= 4 is 23.2 Å². The molecule has 0 bridgehead atoms. The van der Waals surface area contributed by atoms with Gasteiger partial charge in [0.2, 0.25) is 0 Å². The van der Waals surface area contributed by atoms with Gasteiger partial charge in [-0.2, -0.15) is 0 Å². The van der Waals surface area contributed by atoms with Crippen molar-refractivity contribution in [2.24, 2.45) is 11.3 Å². The number of allylic oxidation sites excluding steroid dienone is 1. The second-order valence-corrected chi connectivity index (χ2v) is 8.99. The number of carbonyl (C=O) groups excluding carboxylic acids is 1. The molecule has 1 fully saturated rings. The number of fused-ring (bicyclic) bond motifs is 3. The monoisotopic (exact) mass is 372 g/mol. The Kier molecular flexibility index (Phi) is 3.77. The first-order valence-corrected chi connectivity index (χ1v) is 9.48. The molecule has 0 spiro atoms. The summed E-state index contributed by atoms with van der Waals surface area (Å²) in [7, 11) is 1.32. The van der Waals surface area contributed by atoms with Crippen LogP contribution in [0.4, 0.5) is 4.39 Å². The predicted octanol–water partition coefficient (Wildman–Crippen LogP) is 5.10. The summed E-state index contributed by atoms with van der Waals surface area (Å²) in [5.74, 6) is -0.430. The van der Waals surface area contributed by atoms with Crippen molar-refractivity contribution in [3.8, 4) is 11.5 Å². The molecule has 0 saturated heterocycles. The third-order valence-electron chi connectivity index (χ3n) is 5.97. The molecular weight excluding hydrogens is 351 g/mol. The molecule has 2 aliphatic rings. The fourth-order valence-corrected chi connectivity index (χ4v) is 5.56. The lowest BCUT2D eigenvalue weighted by atomic mass is 9.95. The molecule has 2 aliphatic carbocycles. The maximum atomic E-state index is 13.7. The number of aromatic hydroxyl groups is 1. The summed E-state index contributed by atoms with van der Waals surface area (Å²) in [5.41, 5.74) is 3.41. The largest absolute Gasteiger partial charge is 0.502 e. The zero-order valence-corrected chi connectivity index (χ0v) is 16.0. The Morgan fingerprint density at radius 3 is 2.85 bits per heavy atom. The SMILES string of the molecule is COc1cc(C(=O)C=Cc2sc(C)c3c2C[C@@H]2[C@H]3C2(C)C)cc(F)c1O. The molecular formula is C21H21FO3S. The highest BCUT2D eigenvalue weighted by Gasteiger charge is 2.63. The van der Waals surface area contributed by atoms with Gasteiger partial charge in [0.05, 0.1) is 7.11 Å². The second-order valence-electron chi connectivity index (χ2n) is 7.73. The van der Waals surface area contributed by atoms with E-state index in [9.17, 15) is 14.3 Å².